The Hall–Kier alpha value is -2.88. The summed E-state index contributed by atoms with van der Waals surface area (Å²) in [5.74, 6) is 5.61. The smallest absolute Gasteiger partial charge is 0.263 e. The molecule has 1 aromatic carbocycles. The van der Waals surface area contributed by atoms with E-state index < -0.39 is 11.7 Å². The van der Waals surface area contributed by atoms with E-state index in [2.05, 4.69) is 27.1 Å². The van der Waals surface area contributed by atoms with Crippen LogP contribution in [0.15, 0.2) is 36.7 Å². The second-order valence-corrected chi connectivity index (χ2v) is 6.13. The minimum atomic E-state index is -4.57. The number of alkyl halides is 3. The van der Waals surface area contributed by atoms with E-state index in [4.69, 9.17) is 0 Å². The maximum absolute atomic E-state index is 13.7. The quantitative estimate of drug-likeness (QED) is 0.656. The van der Waals surface area contributed by atoms with Gasteiger partial charge in [0.2, 0.25) is 0 Å². The SMILES string of the molecule is CCC(C)Cn1nnc2c(C(F)(F)F)c(C#Cc3cccnc3)ccc21. The minimum absolute atomic E-state index is 0.121. The Morgan fingerprint density at radius 1 is 1.19 bits per heavy atom. The normalized spacial score (nSPS) is 12.7. The summed E-state index contributed by atoms with van der Waals surface area (Å²) in [5.41, 5.74) is -0.226. The van der Waals surface area contributed by atoms with Gasteiger partial charge < -0.3 is 0 Å². The highest BCUT2D eigenvalue weighted by Gasteiger charge is 2.37. The largest absolute Gasteiger partial charge is 0.419 e. The van der Waals surface area contributed by atoms with Gasteiger partial charge in [-0.2, -0.15) is 13.2 Å². The van der Waals surface area contributed by atoms with Crippen LogP contribution in [-0.2, 0) is 12.7 Å². The molecule has 0 aliphatic rings. The minimum Gasteiger partial charge on any atom is -0.263 e. The van der Waals surface area contributed by atoms with E-state index in [0.29, 0.717) is 23.5 Å². The van der Waals surface area contributed by atoms with Crippen molar-refractivity contribution in [2.24, 2.45) is 5.92 Å². The van der Waals surface area contributed by atoms with Crippen molar-refractivity contribution in [1.29, 1.82) is 0 Å². The molecular weight excluding hydrogens is 341 g/mol. The number of rotatable bonds is 3. The molecule has 0 aliphatic carbocycles. The van der Waals surface area contributed by atoms with Crippen LogP contribution in [0.1, 0.15) is 37.0 Å². The maximum atomic E-state index is 13.7. The van der Waals surface area contributed by atoms with Gasteiger partial charge in [0, 0.05) is 30.1 Å². The predicted octanol–water partition coefficient (Wildman–Crippen LogP) is 4.29. The Bertz CT molecular complexity index is 965. The number of hydrogen-bond donors (Lipinski definition) is 0. The van der Waals surface area contributed by atoms with Gasteiger partial charge in [0.1, 0.15) is 11.1 Å². The summed E-state index contributed by atoms with van der Waals surface area (Å²) in [4.78, 5) is 3.91. The molecule has 0 saturated heterocycles. The molecule has 0 spiro atoms. The van der Waals surface area contributed by atoms with Gasteiger partial charge in [0.15, 0.2) is 0 Å². The summed E-state index contributed by atoms with van der Waals surface area (Å²) in [5, 5.41) is 7.73. The van der Waals surface area contributed by atoms with Gasteiger partial charge in [-0.15, -0.1) is 5.10 Å². The molecule has 0 bridgehead atoms. The molecule has 134 valence electrons. The molecule has 0 fully saturated rings. The van der Waals surface area contributed by atoms with E-state index in [1.165, 1.54) is 16.9 Å². The van der Waals surface area contributed by atoms with Crippen LogP contribution in [0.5, 0.6) is 0 Å². The molecule has 0 radical (unpaired) electrons. The number of benzene rings is 1. The Balaban J connectivity index is 2.12. The summed E-state index contributed by atoms with van der Waals surface area (Å²) in [6.07, 6.45) is -0.590. The number of hydrogen-bond acceptors (Lipinski definition) is 3. The molecule has 0 aliphatic heterocycles. The summed E-state index contributed by atoms with van der Waals surface area (Å²) >= 11 is 0. The standard InChI is InChI=1S/C19H17F3N4/c1-3-13(2)12-26-16-9-8-15(7-6-14-5-4-10-23-11-14)17(19(20,21)22)18(16)24-25-26/h4-5,8-11,13H,3,12H2,1-2H3. The van der Waals surface area contributed by atoms with E-state index in [-0.39, 0.29) is 11.1 Å². The van der Waals surface area contributed by atoms with Crippen molar-refractivity contribution >= 4 is 11.0 Å². The molecule has 0 N–H and O–H groups in total. The van der Waals surface area contributed by atoms with Crippen LogP contribution in [-0.4, -0.2) is 20.0 Å². The van der Waals surface area contributed by atoms with Gasteiger partial charge in [-0.1, -0.05) is 37.3 Å². The van der Waals surface area contributed by atoms with Crippen molar-refractivity contribution in [1.82, 2.24) is 20.0 Å². The van der Waals surface area contributed by atoms with Gasteiger partial charge in [-0.05, 0) is 30.2 Å². The van der Waals surface area contributed by atoms with Crippen LogP contribution < -0.4 is 0 Å². The van der Waals surface area contributed by atoms with E-state index in [1.807, 2.05) is 13.8 Å². The lowest BCUT2D eigenvalue weighted by atomic mass is 10.0. The third-order valence-electron chi connectivity index (χ3n) is 4.16. The van der Waals surface area contributed by atoms with Crippen LogP contribution in [0.25, 0.3) is 11.0 Å². The van der Waals surface area contributed by atoms with Gasteiger partial charge in [-0.25, -0.2) is 4.68 Å². The zero-order valence-electron chi connectivity index (χ0n) is 14.4. The monoisotopic (exact) mass is 358 g/mol. The van der Waals surface area contributed by atoms with E-state index in [9.17, 15) is 13.2 Å². The first-order valence-electron chi connectivity index (χ1n) is 8.25. The van der Waals surface area contributed by atoms with E-state index >= 15 is 0 Å². The molecule has 2 aromatic heterocycles. The fourth-order valence-electron chi connectivity index (χ4n) is 2.56. The predicted molar refractivity (Wildman–Crippen MR) is 92.2 cm³/mol. The summed E-state index contributed by atoms with van der Waals surface area (Å²) in [6.45, 7) is 4.56. The fraction of sp³-hybridized carbons (Fsp3) is 0.316. The van der Waals surface area contributed by atoms with Crippen molar-refractivity contribution in [2.45, 2.75) is 33.0 Å². The lowest BCUT2D eigenvalue weighted by molar-refractivity contribution is -0.136. The molecular formula is C19H17F3N4. The van der Waals surface area contributed by atoms with Crippen molar-refractivity contribution in [3.05, 3.63) is 53.3 Å². The van der Waals surface area contributed by atoms with E-state index in [0.717, 1.165) is 6.42 Å². The lowest BCUT2D eigenvalue weighted by Gasteiger charge is -2.11. The van der Waals surface area contributed by atoms with Crippen molar-refractivity contribution in [3.8, 4) is 11.8 Å². The Kier molecular flexibility index (Phi) is 4.94. The first kappa shape index (κ1) is 17.9. The zero-order chi connectivity index (χ0) is 18.7. The highest BCUT2D eigenvalue weighted by atomic mass is 19.4. The molecule has 26 heavy (non-hydrogen) atoms. The summed E-state index contributed by atoms with van der Waals surface area (Å²) < 4.78 is 42.6. The third kappa shape index (κ3) is 3.69. The van der Waals surface area contributed by atoms with Gasteiger partial charge in [0.05, 0.1) is 5.52 Å². The number of fused-ring (bicyclic) bond motifs is 1. The Morgan fingerprint density at radius 3 is 2.65 bits per heavy atom. The fourth-order valence-corrected chi connectivity index (χ4v) is 2.56. The topological polar surface area (TPSA) is 43.6 Å². The van der Waals surface area contributed by atoms with Gasteiger partial charge in [-0.3, -0.25) is 4.98 Å². The zero-order valence-corrected chi connectivity index (χ0v) is 14.4. The molecule has 0 amide bonds. The Labute approximate surface area is 149 Å². The second-order valence-electron chi connectivity index (χ2n) is 6.13. The van der Waals surface area contributed by atoms with Crippen LogP contribution in [0, 0.1) is 17.8 Å². The highest BCUT2D eigenvalue weighted by molar-refractivity contribution is 5.81. The molecule has 2 heterocycles. The number of aromatic nitrogens is 4. The molecule has 1 unspecified atom stereocenters. The number of nitrogens with zero attached hydrogens (tertiary/aromatic N) is 4. The van der Waals surface area contributed by atoms with Crippen molar-refractivity contribution < 1.29 is 13.2 Å². The van der Waals surface area contributed by atoms with Crippen LogP contribution in [0.2, 0.25) is 0 Å². The van der Waals surface area contributed by atoms with Crippen LogP contribution in [0.3, 0.4) is 0 Å². The molecule has 0 saturated carbocycles. The summed E-state index contributed by atoms with van der Waals surface area (Å²) in [6, 6.07) is 6.35. The summed E-state index contributed by atoms with van der Waals surface area (Å²) in [7, 11) is 0. The van der Waals surface area contributed by atoms with Crippen molar-refractivity contribution in [2.75, 3.05) is 0 Å². The molecule has 1 atom stereocenters. The first-order valence-corrected chi connectivity index (χ1v) is 8.25. The number of pyridine rings is 1. The number of halogens is 3. The van der Waals surface area contributed by atoms with Gasteiger partial charge >= 0.3 is 6.18 Å². The van der Waals surface area contributed by atoms with Gasteiger partial charge in [0.25, 0.3) is 0 Å². The molecule has 3 rings (SSSR count). The first-order chi connectivity index (χ1) is 12.4. The second kappa shape index (κ2) is 7.16. The highest BCUT2D eigenvalue weighted by Crippen LogP contribution is 2.36. The molecule has 3 aromatic rings. The third-order valence-corrected chi connectivity index (χ3v) is 4.16. The van der Waals surface area contributed by atoms with E-state index in [1.54, 1.807) is 24.4 Å². The van der Waals surface area contributed by atoms with Crippen LogP contribution in [0.4, 0.5) is 13.2 Å². The average Bonchev–Trinajstić information content (AvgIpc) is 3.02. The average molecular weight is 358 g/mol. The van der Waals surface area contributed by atoms with Crippen LogP contribution >= 0.6 is 0 Å². The lowest BCUT2D eigenvalue weighted by Crippen LogP contribution is -2.10. The molecule has 4 nitrogen and oxygen atoms in total. The Morgan fingerprint density at radius 2 is 2.00 bits per heavy atom. The maximum Gasteiger partial charge on any atom is 0.419 e. The molecule has 7 heteroatoms. The van der Waals surface area contributed by atoms with Crippen molar-refractivity contribution in [3.63, 3.8) is 0 Å².